The van der Waals surface area contributed by atoms with E-state index in [1.807, 2.05) is 0 Å². The number of piperidine rings is 1. The number of phenolic OH excluding ortho intramolecular Hbond substituents is 2. The van der Waals surface area contributed by atoms with E-state index in [2.05, 4.69) is 17.1 Å². The van der Waals surface area contributed by atoms with E-state index in [9.17, 15) is 10.2 Å². The average molecular weight is 262 g/mol. The maximum atomic E-state index is 9.60. The first-order valence-corrected chi connectivity index (χ1v) is 7.14. The van der Waals surface area contributed by atoms with E-state index in [4.69, 9.17) is 0 Å². The second-order valence-corrected chi connectivity index (χ2v) is 5.88. The predicted octanol–water partition coefficient (Wildman–Crippen LogP) is 1.84. The molecule has 0 saturated carbocycles. The van der Waals surface area contributed by atoms with Gasteiger partial charge in [-0.2, -0.15) is 0 Å². The highest BCUT2D eigenvalue weighted by Crippen LogP contribution is 2.33. The van der Waals surface area contributed by atoms with Crippen LogP contribution in [0.4, 0.5) is 0 Å². The van der Waals surface area contributed by atoms with Gasteiger partial charge in [0.1, 0.15) is 11.5 Å². The number of benzene rings is 1. The molecule has 3 N–H and O–H groups in total. The molecular weight excluding hydrogens is 240 g/mol. The highest BCUT2D eigenvalue weighted by atomic mass is 16.3. The standard InChI is InChI=1S/C15H22N2O2/c1-10(12-5-13(18)7-14(19)6-12)17-8-11-3-2-4-16-15(11)9-17/h5-7,10-11,15-16,18-19H,2-4,8-9H2,1H3. The number of hydrogen-bond acceptors (Lipinski definition) is 4. The molecule has 4 heteroatoms. The molecule has 3 rings (SSSR count). The minimum absolute atomic E-state index is 0.136. The molecule has 0 aliphatic carbocycles. The Balaban J connectivity index is 1.75. The van der Waals surface area contributed by atoms with Crippen LogP contribution in [0.15, 0.2) is 18.2 Å². The van der Waals surface area contributed by atoms with Gasteiger partial charge in [-0.15, -0.1) is 0 Å². The van der Waals surface area contributed by atoms with Gasteiger partial charge < -0.3 is 15.5 Å². The number of nitrogens with zero attached hydrogens (tertiary/aromatic N) is 1. The van der Waals surface area contributed by atoms with Gasteiger partial charge in [-0.25, -0.2) is 0 Å². The molecule has 0 bridgehead atoms. The van der Waals surface area contributed by atoms with E-state index in [1.54, 1.807) is 12.1 Å². The zero-order valence-electron chi connectivity index (χ0n) is 11.3. The molecular formula is C15H22N2O2. The van der Waals surface area contributed by atoms with Crippen molar-refractivity contribution in [1.29, 1.82) is 0 Å². The highest BCUT2D eigenvalue weighted by Gasteiger charge is 2.36. The highest BCUT2D eigenvalue weighted by molar-refractivity contribution is 5.38. The molecule has 2 heterocycles. The van der Waals surface area contributed by atoms with E-state index in [0.29, 0.717) is 6.04 Å². The summed E-state index contributed by atoms with van der Waals surface area (Å²) >= 11 is 0. The van der Waals surface area contributed by atoms with Gasteiger partial charge in [-0.05, 0) is 49.9 Å². The lowest BCUT2D eigenvalue weighted by molar-refractivity contribution is 0.250. The SMILES string of the molecule is CC(c1cc(O)cc(O)c1)N1CC2CCCNC2C1. The van der Waals surface area contributed by atoms with Gasteiger partial charge in [0.25, 0.3) is 0 Å². The summed E-state index contributed by atoms with van der Waals surface area (Å²) in [5.41, 5.74) is 0.983. The van der Waals surface area contributed by atoms with E-state index >= 15 is 0 Å². The van der Waals surface area contributed by atoms with Crippen LogP contribution >= 0.6 is 0 Å². The van der Waals surface area contributed by atoms with E-state index in [1.165, 1.54) is 18.9 Å². The third-order valence-corrected chi connectivity index (χ3v) is 4.58. The molecule has 2 saturated heterocycles. The monoisotopic (exact) mass is 262 g/mol. The molecule has 1 aromatic carbocycles. The van der Waals surface area contributed by atoms with Crippen molar-refractivity contribution in [3.63, 3.8) is 0 Å². The van der Waals surface area contributed by atoms with Crippen molar-refractivity contribution in [2.24, 2.45) is 5.92 Å². The third kappa shape index (κ3) is 2.55. The summed E-state index contributed by atoms with van der Waals surface area (Å²) in [6.07, 6.45) is 2.59. The Labute approximate surface area is 114 Å². The predicted molar refractivity (Wildman–Crippen MR) is 74.3 cm³/mol. The fraction of sp³-hybridized carbons (Fsp3) is 0.600. The Hall–Kier alpha value is -1.26. The second-order valence-electron chi connectivity index (χ2n) is 5.88. The van der Waals surface area contributed by atoms with Crippen LogP contribution in [-0.2, 0) is 0 Å². The molecule has 0 spiro atoms. The smallest absolute Gasteiger partial charge is 0.119 e. The average Bonchev–Trinajstić information content (AvgIpc) is 2.80. The first-order chi connectivity index (χ1) is 9.13. The van der Waals surface area contributed by atoms with Crippen LogP contribution in [0.3, 0.4) is 0 Å². The first-order valence-electron chi connectivity index (χ1n) is 7.14. The third-order valence-electron chi connectivity index (χ3n) is 4.58. The molecule has 19 heavy (non-hydrogen) atoms. The van der Waals surface area contributed by atoms with Crippen LogP contribution in [0.1, 0.15) is 31.4 Å². The van der Waals surface area contributed by atoms with Crippen LogP contribution in [0, 0.1) is 5.92 Å². The molecule has 2 aliphatic rings. The number of nitrogens with one attached hydrogen (secondary N) is 1. The topological polar surface area (TPSA) is 55.7 Å². The summed E-state index contributed by atoms with van der Waals surface area (Å²) < 4.78 is 0. The van der Waals surface area contributed by atoms with E-state index < -0.39 is 0 Å². The summed E-state index contributed by atoms with van der Waals surface area (Å²) in [6.45, 7) is 5.44. The number of rotatable bonds is 2. The fourth-order valence-electron chi connectivity index (χ4n) is 3.47. The molecule has 2 fully saturated rings. The molecule has 0 radical (unpaired) electrons. The molecule has 0 aromatic heterocycles. The normalized spacial score (nSPS) is 29.1. The largest absolute Gasteiger partial charge is 0.508 e. The summed E-state index contributed by atoms with van der Waals surface area (Å²) in [4.78, 5) is 2.45. The van der Waals surface area contributed by atoms with Crippen LogP contribution in [-0.4, -0.2) is 40.8 Å². The number of likely N-dealkylation sites (tertiary alicyclic amines) is 1. The zero-order valence-corrected chi connectivity index (χ0v) is 11.3. The van der Waals surface area contributed by atoms with Gasteiger partial charge in [-0.3, -0.25) is 4.90 Å². The van der Waals surface area contributed by atoms with Crippen molar-refractivity contribution in [3.8, 4) is 11.5 Å². The summed E-state index contributed by atoms with van der Waals surface area (Å²) in [5, 5.41) is 22.8. The molecule has 0 amide bonds. The van der Waals surface area contributed by atoms with Crippen molar-refractivity contribution in [1.82, 2.24) is 10.2 Å². The van der Waals surface area contributed by atoms with Crippen molar-refractivity contribution in [2.75, 3.05) is 19.6 Å². The number of fused-ring (bicyclic) bond motifs is 1. The van der Waals surface area contributed by atoms with Crippen molar-refractivity contribution < 1.29 is 10.2 Å². The minimum atomic E-state index is 0.136. The fourth-order valence-corrected chi connectivity index (χ4v) is 3.47. The Kier molecular flexibility index (Phi) is 3.37. The molecule has 1 aromatic rings. The minimum Gasteiger partial charge on any atom is -0.508 e. The van der Waals surface area contributed by atoms with Gasteiger partial charge in [-0.1, -0.05) is 0 Å². The van der Waals surface area contributed by atoms with E-state index in [0.717, 1.165) is 31.1 Å². The Morgan fingerprint density at radius 3 is 2.63 bits per heavy atom. The zero-order chi connectivity index (χ0) is 13.4. The van der Waals surface area contributed by atoms with Crippen molar-refractivity contribution in [2.45, 2.75) is 31.8 Å². The first kappa shape index (κ1) is 12.8. The van der Waals surface area contributed by atoms with Gasteiger partial charge in [0.15, 0.2) is 0 Å². The number of aromatic hydroxyl groups is 2. The molecule has 4 nitrogen and oxygen atoms in total. The van der Waals surface area contributed by atoms with Gasteiger partial charge in [0.05, 0.1) is 0 Å². The summed E-state index contributed by atoms with van der Waals surface area (Å²) in [7, 11) is 0. The summed E-state index contributed by atoms with van der Waals surface area (Å²) in [5.74, 6) is 1.02. The Morgan fingerprint density at radius 2 is 1.95 bits per heavy atom. The Bertz CT molecular complexity index is 429. The maximum absolute atomic E-state index is 9.60. The number of phenols is 2. The molecule has 3 atom stereocenters. The van der Waals surface area contributed by atoms with Gasteiger partial charge >= 0.3 is 0 Å². The lowest BCUT2D eigenvalue weighted by Crippen LogP contribution is -2.40. The van der Waals surface area contributed by atoms with Crippen LogP contribution in [0.5, 0.6) is 11.5 Å². The van der Waals surface area contributed by atoms with Crippen molar-refractivity contribution >= 4 is 0 Å². The van der Waals surface area contributed by atoms with Crippen LogP contribution in [0.2, 0.25) is 0 Å². The maximum Gasteiger partial charge on any atom is 0.119 e. The number of hydrogen-bond donors (Lipinski definition) is 3. The lowest BCUT2D eigenvalue weighted by atomic mass is 9.94. The molecule has 3 unspecified atom stereocenters. The van der Waals surface area contributed by atoms with Crippen LogP contribution < -0.4 is 5.32 Å². The Morgan fingerprint density at radius 1 is 1.21 bits per heavy atom. The quantitative estimate of drug-likeness (QED) is 0.761. The summed E-state index contributed by atoms with van der Waals surface area (Å²) in [6, 6.07) is 5.72. The van der Waals surface area contributed by atoms with Crippen LogP contribution in [0.25, 0.3) is 0 Å². The van der Waals surface area contributed by atoms with Gasteiger partial charge in [0.2, 0.25) is 0 Å². The second kappa shape index (κ2) is 5.02. The molecule has 104 valence electrons. The van der Waals surface area contributed by atoms with E-state index in [-0.39, 0.29) is 17.5 Å². The van der Waals surface area contributed by atoms with Gasteiger partial charge in [0, 0.05) is 31.2 Å². The van der Waals surface area contributed by atoms with Crippen molar-refractivity contribution in [3.05, 3.63) is 23.8 Å². The lowest BCUT2D eigenvalue weighted by Gasteiger charge is -2.25. The molecule has 2 aliphatic heterocycles.